The van der Waals surface area contributed by atoms with E-state index in [0.717, 1.165) is 5.56 Å². The quantitative estimate of drug-likeness (QED) is 0.674. The van der Waals surface area contributed by atoms with E-state index in [1.807, 2.05) is 36.4 Å². The van der Waals surface area contributed by atoms with Crippen LogP contribution in [0.15, 0.2) is 60.7 Å². The Kier molecular flexibility index (Phi) is 4.15. The number of ether oxygens (including phenoxy) is 1. The number of carbonyl (C=O) groups excluding carboxylic acids is 1. The van der Waals surface area contributed by atoms with Crippen LogP contribution >= 0.6 is 0 Å². The number of amides is 1. The first kappa shape index (κ1) is 13.1. The molecule has 0 aliphatic rings. The summed E-state index contributed by atoms with van der Waals surface area (Å²) in [5.41, 5.74) is 0.829. The molecule has 0 spiro atoms. The standard InChI is InChI=1S/C15H15NO3/c1-12(13-8-4-2-5-9-13)16(18)15(17)19-14-10-6-3-7-11-14/h2-12,18H,1H3. The van der Waals surface area contributed by atoms with Crippen LogP contribution < -0.4 is 4.74 Å². The molecule has 0 fully saturated rings. The van der Waals surface area contributed by atoms with Crippen LogP contribution in [0.1, 0.15) is 18.5 Å². The molecule has 0 radical (unpaired) electrons. The number of rotatable bonds is 3. The Bertz CT molecular complexity index is 528. The first-order chi connectivity index (χ1) is 9.18. The van der Waals surface area contributed by atoms with Gasteiger partial charge in [-0.15, -0.1) is 0 Å². The van der Waals surface area contributed by atoms with Gasteiger partial charge in [0.05, 0.1) is 6.04 Å². The van der Waals surface area contributed by atoms with E-state index in [1.165, 1.54) is 0 Å². The minimum Gasteiger partial charge on any atom is -0.409 e. The molecule has 98 valence electrons. The van der Waals surface area contributed by atoms with Gasteiger partial charge in [0.15, 0.2) is 0 Å². The Hall–Kier alpha value is -2.33. The maximum atomic E-state index is 11.8. The molecule has 0 bridgehead atoms. The number of benzene rings is 2. The molecule has 0 aromatic heterocycles. The molecular weight excluding hydrogens is 242 g/mol. The molecule has 4 nitrogen and oxygen atoms in total. The third-order valence-corrected chi connectivity index (χ3v) is 2.78. The molecular formula is C15H15NO3. The van der Waals surface area contributed by atoms with Crippen molar-refractivity contribution < 1.29 is 14.7 Å². The maximum absolute atomic E-state index is 11.8. The van der Waals surface area contributed by atoms with Gasteiger partial charge >= 0.3 is 6.09 Å². The van der Waals surface area contributed by atoms with E-state index < -0.39 is 12.1 Å². The zero-order valence-corrected chi connectivity index (χ0v) is 10.6. The van der Waals surface area contributed by atoms with Crippen LogP contribution in [0.4, 0.5) is 4.79 Å². The fourth-order valence-corrected chi connectivity index (χ4v) is 1.67. The second-order valence-corrected chi connectivity index (χ2v) is 4.11. The number of nitrogens with zero attached hydrogens (tertiary/aromatic N) is 1. The Morgan fingerprint density at radius 3 is 2.16 bits per heavy atom. The number of carbonyl (C=O) groups is 1. The molecule has 1 amide bonds. The Labute approximate surface area is 111 Å². The van der Waals surface area contributed by atoms with E-state index in [9.17, 15) is 10.0 Å². The van der Waals surface area contributed by atoms with Gasteiger partial charge in [0, 0.05) is 0 Å². The molecule has 0 saturated carbocycles. The minimum atomic E-state index is -0.803. The fourth-order valence-electron chi connectivity index (χ4n) is 1.67. The molecule has 2 rings (SSSR count). The molecule has 2 aromatic carbocycles. The summed E-state index contributed by atoms with van der Waals surface area (Å²) in [6.07, 6.45) is -0.803. The average molecular weight is 257 g/mol. The van der Waals surface area contributed by atoms with Crippen molar-refractivity contribution in [2.75, 3.05) is 0 Å². The van der Waals surface area contributed by atoms with Crippen LogP contribution in [0.25, 0.3) is 0 Å². The molecule has 19 heavy (non-hydrogen) atoms. The second kappa shape index (κ2) is 6.02. The molecule has 1 N–H and O–H groups in total. The number of para-hydroxylation sites is 1. The van der Waals surface area contributed by atoms with E-state index in [4.69, 9.17) is 4.74 Å². The van der Waals surface area contributed by atoms with Crippen molar-refractivity contribution in [3.05, 3.63) is 66.2 Å². The predicted octanol–water partition coefficient (Wildman–Crippen LogP) is 3.64. The number of hydrogen-bond donors (Lipinski definition) is 1. The first-order valence-electron chi connectivity index (χ1n) is 5.98. The Morgan fingerprint density at radius 1 is 1.05 bits per heavy atom. The zero-order chi connectivity index (χ0) is 13.7. The third-order valence-electron chi connectivity index (χ3n) is 2.78. The van der Waals surface area contributed by atoms with E-state index in [2.05, 4.69) is 0 Å². The van der Waals surface area contributed by atoms with E-state index in [1.54, 1.807) is 31.2 Å². The average Bonchev–Trinajstić information content (AvgIpc) is 2.47. The predicted molar refractivity (Wildman–Crippen MR) is 70.9 cm³/mol. The summed E-state index contributed by atoms with van der Waals surface area (Å²) >= 11 is 0. The Balaban J connectivity index is 2.03. The van der Waals surface area contributed by atoms with Crippen LogP contribution in [0.3, 0.4) is 0 Å². The maximum Gasteiger partial charge on any atom is 0.439 e. The van der Waals surface area contributed by atoms with Gasteiger partial charge in [0.2, 0.25) is 0 Å². The summed E-state index contributed by atoms with van der Waals surface area (Å²) in [5.74, 6) is 0.395. The highest BCUT2D eigenvalue weighted by molar-refractivity contribution is 5.69. The van der Waals surface area contributed by atoms with Crippen LogP contribution in [-0.2, 0) is 0 Å². The molecule has 2 aromatic rings. The van der Waals surface area contributed by atoms with E-state index >= 15 is 0 Å². The summed E-state index contributed by atoms with van der Waals surface area (Å²) in [6, 6.07) is 17.4. The highest BCUT2D eigenvalue weighted by atomic mass is 16.6. The SMILES string of the molecule is CC(c1ccccc1)N(O)C(=O)Oc1ccccc1. The summed E-state index contributed by atoms with van der Waals surface area (Å²) in [4.78, 5) is 11.8. The topological polar surface area (TPSA) is 49.8 Å². The van der Waals surface area contributed by atoms with Gasteiger partial charge in [0.25, 0.3) is 0 Å². The summed E-state index contributed by atoms with van der Waals surface area (Å²) < 4.78 is 5.06. The number of hydroxylamine groups is 2. The van der Waals surface area contributed by atoms with Crippen molar-refractivity contribution in [1.82, 2.24) is 5.06 Å². The van der Waals surface area contributed by atoms with Gasteiger partial charge < -0.3 is 4.74 Å². The lowest BCUT2D eigenvalue weighted by molar-refractivity contribution is -0.0897. The van der Waals surface area contributed by atoms with Gasteiger partial charge in [0.1, 0.15) is 5.75 Å². The molecule has 0 aliphatic heterocycles. The lowest BCUT2D eigenvalue weighted by Gasteiger charge is -2.22. The molecule has 1 atom stereocenters. The van der Waals surface area contributed by atoms with Gasteiger partial charge in [-0.25, -0.2) is 4.79 Å². The fraction of sp³-hybridized carbons (Fsp3) is 0.133. The molecule has 0 aliphatic carbocycles. The smallest absolute Gasteiger partial charge is 0.409 e. The van der Waals surface area contributed by atoms with E-state index in [0.29, 0.717) is 10.8 Å². The van der Waals surface area contributed by atoms with Crippen molar-refractivity contribution in [1.29, 1.82) is 0 Å². The summed E-state index contributed by atoms with van der Waals surface area (Å²) in [6.45, 7) is 1.72. The van der Waals surface area contributed by atoms with Gasteiger partial charge in [-0.05, 0) is 24.6 Å². The van der Waals surface area contributed by atoms with Gasteiger partial charge in [-0.3, -0.25) is 5.21 Å². The highest BCUT2D eigenvalue weighted by Crippen LogP contribution is 2.19. The molecule has 1 unspecified atom stereocenters. The van der Waals surface area contributed by atoms with Crippen LogP contribution in [0.2, 0.25) is 0 Å². The van der Waals surface area contributed by atoms with Crippen LogP contribution in [0, 0.1) is 0 Å². The largest absolute Gasteiger partial charge is 0.439 e. The second-order valence-electron chi connectivity index (χ2n) is 4.11. The monoisotopic (exact) mass is 257 g/mol. The van der Waals surface area contributed by atoms with E-state index in [-0.39, 0.29) is 0 Å². The van der Waals surface area contributed by atoms with Crippen molar-refractivity contribution >= 4 is 6.09 Å². The molecule has 0 heterocycles. The van der Waals surface area contributed by atoms with Crippen molar-refractivity contribution in [3.8, 4) is 5.75 Å². The lowest BCUT2D eigenvalue weighted by Crippen LogP contribution is -2.32. The summed E-state index contributed by atoms with van der Waals surface area (Å²) in [7, 11) is 0. The molecule has 4 heteroatoms. The van der Waals surface area contributed by atoms with Crippen LogP contribution in [-0.4, -0.2) is 16.4 Å². The highest BCUT2D eigenvalue weighted by Gasteiger charge is 2.21. The van der Waals surface area contributed by atoms with Crippen molar-refractivity contribution in [2.45, 2.75) is 13.0 Å². The third kappa shape index (κ3) is 3.33. The summed E-state index contributed by atoms with van der Waals surface area (Å²) in [5, 5.41) is 10.4. The van der Waals surface area contributed by atoms with Crippen molar-refractivity contribution in [2.24, 2.45) is 0 Å². The van der Waals surface area contributed by atoms with Gasteiger partial charge in [-0.2, -0.15) is 5.06 Å². The Morgan fingerprint density at radius 2 is 1.58 bits per heavy atom. The van der Waals surface area contributed by atoms with Crippen LogP contribution in [0.5, 0.6) is 5.75 Å². The minimum absolute atomic E-state index is 0.395. The first-order valence-corrected chi connectivity index (χ1v) is 5.98. The number of hydrogen-bond acceptors (Lipinski definition) is 3. The zero-order valence-electron chi connectivity index (χ0n) is 10.6. The van der Waals surface area contributed by atoms with Gasteiger partial charge in [-0.1, -0.05) is 48.5 Å². The lowest BCUT2D eigenvalue weighted by atomic mass is 10.1. The normalized spacial score (nSPS) is 11.7. The molecule has 0 saturated heterocycles. The van der Waals surface area contributed by atoms with Crippen molar-refractivity contribution in [3.63, 3.8) is 0 Å².